The summed E-state index contributed by atoms with van der Waals surface area (Å²) in [6.07, 6.45) is 2.82. The number of aliphatic hydroxyl groups is 1. The molecule has 0 aromatic carbocycles. The Morgan fingerprint density at radius 2 is 2.19 bits per heavy atom. The molecular weight excluding hydrogens is 202 g/mol. The van der Waals surface area contributed by atoms with Crippen molar-refractivity contribution in [3.8, 4) is 0 Å². The highest BCUT2D eigenvalue weighted by Crippen LogP contribution is 2.22. The zero-order valence-corrected chi connectivity index (χ0v) is 10.2. The number of hydrogen-bond acceptors (Lipinski definition) is 3. The molecule has 0 radical (unpaired) electrons. The summed E-state index contributed by atoms with van der Waals surface area (Å²) in [5.41, 5.74) is -0.478. The lowest BCUT2D eigenvalue weighted by atomic mass is 9.98. The fraction of sp³-hybridized carbons (Fsp3) is 0.692. The Morgan fingerprint density at radius 1 is 1.38 bits per heavy atom. The van der Waals surface area contributed by atoms with Gasteiger partial charge in [0, 0.05) is 6.54 Å². The molecule has 1 saturated heterocycles. The third-order valence-corrected chi connectivity index (χ3v) is 3.33. The Bertz CT molecular complexity index is 343. The van der Waals surface area contributed by atoms with Crippen LogP contribution >= 0.6 is 0 Å². The largest absolute Gasteiger partial charge is 0.465 e. The summed E-state index contributed by atoms with van der Waals surface area (Å²) in [6, 6.07) is 4.04. The number of aryl methyl sites for hydroxylation is 1. The second-order valence-corrected chi connectivity index (χ2v) is 5.14. The summed E-state index contributed by atoms with van der Waals surface area (Å²) in [4.78, 5) is 2.36. The highest BCUT2D eigenvalue weighted by atomic mass is 16.3. The van der Waals surface area contributed by atoms with E-state index < -0.39 is 5.60 Å². The monoisotopic (exact) mass is 223 g/mol. The van der Waals surface area contributed by atoms with Crippen LogP contribution in [0.1, 0.15) is 37.7 Å². The summed E-state index contributed by atoms with van der Waals surface area (Å²) in [5, 5.41) is 9.99. The molecule has 1 atom stereocenters. The van der Waals surface area contributed by atoms with Crippen LogP contribution in [0.15, 0.2) is 16.5 Å². The van der Waals surface area contributed by atoms with Crippen molar-refractivity contribution in [1.29, 1.82) is 0 Å². The predicted molar refractivity (Wildman–Crippen MR) is 63.2 cm³/mol. The number of rotatable bonds is 2. The molecule has 3 heteroatoms. The highest BCUT2D eigenvalue weighted by molar-refractivity contribution is 5.05. The molecule has 2 heterocycles. The van der Waals surface area contributed by atoms with Crippen molar-refractivity contribution in [2.75, 3.05) is 13.1 Å². The highest BCUT2D eigenvalue weighted by Gasteiger charge is 2.25. The first-order valence-electron chi connectivity index (χ1n) is 6.05. The Labute approximate surface area is 97.1 Å². The van der Waals surface area contributed by atoms with Gasteiger partial charge in [-0.05, 0) is 51.8 Å². The maximum Gasteiger partial charge on any atom is 0.118 e. The Hall–Kier alpha value is -0.800. The molecule has 0 bridgehead atoms. The third kappa shape index (κ3) is 3.09. The second-order valence-electron chi connectivity index (χ2n) is 5.14. The van der Waals surface area contributed by atoms with Gasteiger partial charge in [-0.2, -0.15) is 0 Å². The van der Waals surface area contributed by atoms with E-state index in [4.69, 9.17) is 4.42 Å². The lowest BCUT2D eigenvalue weighted by molar-refractivity contribution is 0.0442. The van der Waals surface area contributed by atoms with Crippen molar-refractivity contribution in [2.45, 2.75) is 45.3 Å². The molecule has 1 aromatic heterocycles. The quantitative estimate of drug-likeness (QED) is 0.836. The minimum atomic E-state index is -0.478. The van der Waals surface area contributed by atoms with Crippen molar-refractivity contribution in [1.82, 2.24) is 4.90 Å². The zero-order chi connectivity index (χ0) is 11.6. The molecule has 1 aromatic rings. The van der Waals surface area contributed by atoms with Crippen LogP contribution in [0.2, 0.25) is 0 Å². The molecule has 1 aliphatic rings. The summed E-state index contributed by atoms with van der Waals surface area (Å²) in [6.45, 7) is 6.77. The predicted octanol–water partition coefficient (Wildman–Crippen LogP) is 2.32. The number of likely N-dealkylation sites (tertiary alicyclic amines) is 1. The zero-order valence-electron chi connectivity index (χ0n) is 10.2. The molecule has 1 N–H and O–H groups in total. The van der Waals surface area contributed by atoms with Crippen molar-refractivity contribution in [2.24, 2.45) is 0 Å². The molecule has 3 nitrogen and oxygen atoms in total. The summed E-state index contributed by atoms with van der Waals surface area (Å²) in [5.74, 6) is 2.00. The maximum atomic E-state index is 9.99. The van der Waals surface area contributed by atoms with E-state index >= 15 is 0 Å². The van der Waals surface area contributed by atoms with E-state index in [2.05, 4.69) is 4.90 Å². The van der Waals surface area contributed by atoms with E-state index in [-0.39, 0.29) is 0 Å². The van der Waals surface area contributed by atoms with E-state index in [1.54, 1.807) is 0 Å². The van der Waals surface area contributed by atoms with Gasteiger partial charge in [-0.3, -0.25) is 4.90 Å². The number of nitrogens with zero attached hydrogens (tertiary/aromatic N) is 1. The Kier molecular flexibility index (Phi) is 3.36. The van der Waals surface area contributed by atoms with Gasteiger partial charge in [0.15, 0.2) is 0 Å². The van der Waals surface area contributed by atoms with E-state index in [1.165, 1.54) is 0 Å². The molecule has 2 rings (SSSR count). The molecule has 0 aliphatic carbocycles. The lowest BCUT2D eigenvalue weighted by Gasteiger charge is -2.21. The smallest absolute Gasteiger partial charge is 0.118 e. The van der Waals surface area contributed by atoms with Gasteiger partial charge in [0.05, 0.1) is 12.1 Å². The summed E-state index contributed by atoms with van der Waals surface area (Å²) in [7, 11) is 0. The van der Waals surface area contributed by atoms with Gasteiger partial charge in [0.2, 0.25) is 0 Å². The van der Waals surface area contributed by atoms with Crippen LogP contribution in [-0.4, -0.2) is 28.7 Å². The van der Waals surface area contributed by atoms with Crippen LogP contribution in [0.25, 0.3) is 0 Å². The van der Waals surface area contributed by atoms with Crippen LogP contribution in [0.5, 0.6) is 0 Å². The van der Waals surface area contributed by atoms with Gasteiger partial charge in [-0.1, -0.05) is 0 Å². The van der Waals surface area contributed by atoms with Crippen LogP contribution in [0.3, 0.4) is 0 Å². The average molecular weight is 223 g/mol. The van der Waals surface area contributed by atoms with Gasteiger partial charge in [-0.25, -0.2) is 0 Å². The van der Waals surface area contributed by atoms with Gasteiger partial charge in [-0.15, -0.1) is 0 Å². The van der Waals surface area contributed by atoms with E-state index in [1.807, 2.05) is 26.0 Å². The maximum absolute atomic E-state index is 9.99. The molecule has 16 heavy (non-hydrogen) atoms. The number of hydrogen-bond donors (Lipinski definition) is 1. The minimum Gasteiger partial charge on any atom is -0.465 e. The van der Waals surface area contributed by atoms with Crippen molar-refractivity contribution in [3.05, 3.63) is 23.7 Å². The molecular formula is C13H21NO2. The standard InChI is InChI=1S/C13H21NO2/c1-11-4-5-12(16-11)10-14-8-3-6-13(2,15)7-9-14/h4-5,15H,3,6-10H2,1-2H3. The van der Waals surface area contributed by atoms with Crippen molar-refractivity contribution in [3.63, 3.8) is 0 Å². The molecule has 1 fully saturated rings. The van der Waals surface area contributed by atoms with E-state index in [0.29, 0.717) is 0 Å². The average Bonchev–Trinajstić information content (AvgIpc) is 2.52. The second kappa shape index (κ2) is 4.60. The summed E-state index contributed by atoms with van der Waals surface area (Å²) >= 11 is 0. The Morgan fingerprint density at radius 3 is 2.88 bits per heavy atom. The van der Waals surface area contributed by atoms with Crippen molar-refractivity contribution < 1.29 is 9.52 Å². The molecule has 0 spiro atoms. The van der Waals surface area contributed by atoms with Crippen LogP contribution in [-0.2, 0) is 6.54 Å². The third-order valence-electron chi connectivity index (χ3n) is 3.33. The Balaban J connectivity index is 1.91. The van der Waals surface area contributed by atoms with E-state index in [9.17, 15) is 5.11 Å². The summed E-state index contributed by atoms with van der Waals surface area (Å²) < 4.78 is 5.57. The first-order chi connectivity index (χ1) is 7.55. The molecule has 1 unspecified atom stereocenters. The van der Waals surface area contributed by atoms with Gasteiger partial charge >= 0.3 is 0 Å². The first-order valence-corrected chi connectivity index (χ1v) is 6.05. The SMILES string of the molecule is Cc1ccc(CN2CCCC(C)(O)CC2)o1. The van der Waals surface area contributed by atoms with Crippen LogP contribution in [0, 0.1) is 6.92 Å². The molecule has 0 amide bonds. The first kappa shape index (κ1) is 11.7. The molecule has 90 valence electrons. The fourth-order valence-corrected chi connectivity index (χ4v) is 2.27. The normalized spacial score (nSPS) is 27.9. The lowest BCUT2D eigenvalue weighted by Crippen LogP contribution is -2.28. The van der Waals surface area contributed by atoms with Gasteiger partial charge < -0.3 is 9.52 Å². The van der Waals surface area contributed by atoms with Gasteiger partial charge in [0.25, 0.3) is 0 Å². The topological polar surface area (TPSA) is 36.6 Å². The van der Waals surface area contributed by atoms with Crippen molar-refractivity contribution >= 4 is 0 Å². The minimum absolute atomic E-state index is 0.478. The van der Waals surface area contributed by atoms with Crippen LogP contribution < -0.4 is 0 Å². The van der Waals surface area contributed by atoms with E-state index in [0.717, 1.165) is 50.4 Å². The van der Waals surface area contributed by atoms with Gasteiger partial charge in [0.1, 0.15) is 11.5 Å². The number of furan rings is 1. The van der Waals surface area contributed by atoms with Crippen LogP contribution in [0.4, 0.5) is 0 Å². The fourth-order valence-electron chi connectivity index (χ4n) is 2.27. The molecule has 1 aliphatic heterocycles. The molecule has 0 saturated carbocycles.